The lowest BCUT2D eigenvalue weighted by Crippen LogP contribution is -2.52. The van der Waals surface area contributed by atoms with Crippen LogP contribution in [0.25, 0.3) is 0 Å². The lowest BCUT2D eigenvalue weighted by atomic mass is 10.1. The van der Waals surface area contributed by atoms with Gasteiger partial charge in [0, 0.05) is 12.6 Å². The lowest BCUT2D eigenvalue weighted by Gasteiger charge is -2.32. The summed E-state index contributed by atoms with van der Waals surface area (Å²) in [6.07, 6.45) is 0.708. The molecule has 2 amide bonds. The average molecular weight is 554 g/mol. The highest BCUT2D eigenvalue weighted by Crippen LogP contribution is 2.27. The number of aryl methyl sites for hydroxylation is 2. The molecular formula is C30H36FN3O4S. The van der Waals surface area contributed by atoms with Crippen molar-refractivity contribution in [2.75, 3.05) is 10.8 Å². The predicted octanol–water partition coefficient (Wildman–Crippen LogP) is 4.97. The fourth-order valence-corrected chi connectivity index (χ4v) is 5.45. The summed E-state index contributed by atoms with van der Waals surface area (Å²) in [5, 5.41) is 2.90. The fraction of sp³-hybridized carbons (Fsp3) is 0.333. The number of hydrogen-bond acceptors (Lipinski definition) is 4. The molecule has 3 aromatic rings. The summed E-state index contributed by atoms with van der Waals surface area (Å²) in [4.78, 5) is 28.3. The van der Waals surface area contributed by atoms with Gasteiger partial charge in [-0.15, -0.1) is 0 Å². The second-order valence-electron chi connectivity index (χ2n) is 9.72. The summed E-state index contributed by atoms with van der Waals surface area (Å²) in [5.41, 5.74) is 2.34. The minimum absolute atomic E-state index is 0.0721. The molecule has 0 aromatic heterocycles. The third-order valence-electron chi connectivity index (χ3n) is 6.78. The van der Waals surface area contributed by atoms with Crippen LogP contribution >= 0.6 is 0 Å². The number of carbonyl (C=O) groups excluding carboxylic acids is 2. The SMILES string of the molecule is CC[C@H](C)NC(=O)[C@H](C)N(Cc1ccccc1C)C(=O)CN(c1ccccc1F)S(=O)(=O)c1ccc(C)cc1. The number of nitrogens with zero attached hydrogens (tertiary/aromatic N) is 2. The van der Waals surface area contributed by atoms with Crippen molar-refractivity contribution in [1.29, 1.82) is 0 Å². The Morgan fingerprint density at radius 1 is 0.923 bits per heavy atom. The molecule has 2 atom stereocenters. The number of anilines is 1. The first-order valence-corrected chi connectivity index (χ1v) is 14.4. The lowest BCUT2D eigenvalue weighted by molar-refractivity contribution is -0.139. The van der Waals surface area contributed by atoms with Crippen molar-refractivity contribution < 1.29 is 22.4 Å². The minimum atomic E-state index is -4.33. The molecule has 0 fully saturated rings. The maximum absolute atomic E-state index is 15.0. The van der Waals surface area contributed by atoms with Crippen LogP contribution in [-0.4, -0.2) is 43.8 Å². The molecule has 0 saturated heterocycles. The highest BCUT2D eigenvalue weighted by Gasteiger charge is 2.34. The standard InChI is InChI=1S/C30H36FN3O4S/c1-6-23(4)32-30(36)24(5)33(19-25-12-8-7-11-22(25)3)29(35)20-34(28-14-10-9-13-27(28)31)39(37,38)26-17-15-21(2)16-18-26/h7-18,23-24H,6,19-20H2,1-5H3,(H,32,36)/t23-,24-/m0/s1. The van der Waals surface area contributed by atoms with Crippen molar-refractivity contribution in [3.05, 3.63) is 95.3 Å². The normalized spacial score (nSPS) is 12.9. The molecule has 0 spiro atoms. The third kappa shape index (κ3) is 7.23. The zero-order valence-electron chi connectivity index (χ0n) is 23.0. The summed E-state index contributed by atoms with van der Waals surface area (Å²) in [5.74, 6) is -1.77. The average Bonchev–Trinajstić information content (AvgIpc) is 2.91. The predicted molar refractivity (Wildman–Crippen MR) is 151 cm³/mol. The van der Waals surface area contributed by atoms with E-state index < -0.39 is 34.3 Å². The Kier molecular flexibility index (Phi) is 9.86. The molecule has 0 radical (unpaired) electrons. The van der Waals surface area contributed by atoms with Crippen LogP contribution in [0.3, 0.4) is 0 Å². The molecule has 0 aliphatic carbocycles. The zero-order valence-corrected chi connectivity index (χ0v) is 23.8. The maximum atomic E-state index is 15.0. The van der Waals surface area contributed by atoms with Gasteiger partial charge in [-0.1, -0.05) is 61.0 Å². The molecule has 0 aliphatic heterocycles. The van der Waals surface area contributed by atoms with Crippen molar-refractivity contribution in [1.82, 2.24) is 10.2 Å². The second-order valence-corrected chi connectivity index (χ2v) is 11.6. The molecule has 0 aliphatic rings. The van der Waals surface area contributed by atoms with Gasteiger partial charge in [0.05, 0.1) is 10.6 Å². The van der Waals surface area contributed by atoms with E-state index in [1.54, 1.807) is 19.1 Å². The second kappa shape index (κ2) is 12.9. The van der Waals surface area contributed by atoms with Gasteiger partial charge in [0.25, 0.3) is 10.0 Å². The van der Waals surface area contributed by atoms with E-state index in [0.29, 0.717) is 6.42 Å². The van der Waals surface area contributed by atoms with Gasteiger partial charge >= 0.3 is 0 Å². The summed E-state index contributed by atoms with van der Waals surface area (Å²) >= 11 is 0. The monoisotopic (exact) mass is 553 g/mol. The molecule has 0 heterocycles. The van der Waals surface area contributed by atoms with Gasteiger partial charge in [-0.05, 0) is 69.5 Å². The smallest absolute Gasteiger partial charge is 0.264 e. The van der Waals surface area contributed by atoms with E-state index >= 15 is 0 Å². The molecule has 7 nitrogen and oxygen atoms in total. The number of hydrogen-bond donors (Lipinski definition) is 1. The molecule has 3 rings (SSSR count). The molecule has 3 aromatic carbocycles. The van der Waals surface area contributed by atoms with E-state index in [0.717, 1.165) is 27.1 Å². The Bertz CT molecular complexity index is 1410. The number of sulfonamides is 1. The number of nitrogens with one attached hydrogen (secondary N) is 1. The molecule has 208 valence electrons. The molecule has 9 heteroatoms. The first-order chi connectivity index (χ1) is 18.4. The van der Waals surface area contributed by atoms with Gasteiger partial charge in [0.2, 0.25) is 11.8 Å². The van der Waals surface area contributed by atoms with Crippen molar-refractivity contribution in [2.45, 2.75) is 64.6 Å². The highest BCUT2D eigenvalue weighted by atomic mass is 32.2. The molecular weight excluding hydrogens is 517 g/mol. The van der Waals surface area contributed by atoms with Crippen LogP contribution in [0.2, 0.25) is 0 Å². The highest BCUT2D eigenvalue weighted by molar-refractivity contribution is 7.92. The van der Waals surface area contributed by atoms with Gasteiger partial charge < -0.3 is 10.2 Å². The van der Waals surface area contributed by atoms with Crippen LogP contribution in [0.4, 0.5) is 10.1 Å². The van der Waals surface area contributed by atoms with Crippen LogP contribution in [0.5, 0.6) is 0 Å². The van der Waals surface area contributed by atoms with Gasteiger partial charge in [-0.25, -0.2) is 12.8 Å². The van der Waals surface area contributed by atoms with Crippen molar-refractivity contribution in [3.8, 4) is 0 Å². The van der Waals surface area contributed by atoms with Crippen LogP contribution in [0.1, 0.15) is 43.9 Å². The maximum Gasteiger partial charge on any atom is 0.264 e. The van der Waals surface area contributed by atoms with Crippen LogP contribution < -0.4 is 9.62 Å². The van der Waals surface area contributed by atoms with Crippen LogP contribution in [0, 0.1) is 19.7 Å². The van der Waals surface area contributed by atoms with E-state index in [4.69, 9.17) is 0 Å². The first kappa shape index (κ1) is 29.8. The van der Waals surface area contributed by atoms with Gasteiger partial charge in [-0.3, -0.25) is 13.9 Å². The summed E-state index contributed by atoms with van der Waals surface area (Å²) in [6, 6.07) is 18.0. The number of amides is 2. The van der Waals surface area contributed by atoms with Crippen molar-refractivity contribution in [3.63, 3.8) is 0 Å². The van der Waals surface area contributed by atoms with Gasteiger partial charge in [0.15, 0.2) is 0 Å². The quantitative estimate of drug-likeness (QED) is 0.363. The zero-order chi connectivity index (χ0) is 28.7. The van der Waals surface area contributed by atoms with E-state index in [-0.39, 0.29) is 29.1 Å². The van der Waals surface area contributed by atoms with E-state index in [1.165, 1.54) is 35.2 Å². The Balaban J connectivity index is 2.05. The molecule has 0 saturated carbocycles. The molecule has 1 N–H and O–H groups in total. The fourth-order valence-electron chi connectivity index (χ4n) is 4.02. The number of carbonyl (C=O) groups is 2. The Morgan fingerprint density at radius 2 is 1.54 bits per heavy atom. The Hall–Kier alpha value is -3.72. The van der Waals surface area contributed by atoms with Crippen molar-refractivity contribution in [2.24, 2.45) is 0 Å². The molecule has 0 unspecified atom stereocenters. The van der Waals surface area contributed by atoms with Crippen LogP contribution in [0.15, 0.2) is 77.7 Å². The van der Waals surface area contributed by atoms with E-state index in [1.807, 2.05) is 52.0 Å². The summed E-state index contributed by atoms with van der Waals surface area (Å²) < 4.78 is 43.3. The van der Waals surface area contributed by atoms with Gasteiger partial charge in [-0.2, -0.15) is 0 Å². The summed E-state index contributed by atoms with van der Waals surface area (Å²) in [6.45, 7) is 8.52. The van der Waals surface area contributed by atoms with E-state index in [2.05, 4.69) is 5.32 Å². The largest absolute Gasteiger partial charge is 0.352 e. The Morgan fingerprint density at radius 3 is 2.15 bits per heavy atom. The van der Waals surface area contributed by atoms with Crippen LogP contribution in [-0.2, 0) is 26.2 Å². The Labute approximate surface area is 230 Å². The van der Waals surface area contributed by atoms with Crippen molar-refractivity contribution >= 4 is 27.5 Å². The van der Waals surface area contributed by atoms with E-state index in [9.17, 15) is 22.4 Å². The summed E-state index contributed by atoms with van der Waals surface area (Å²) in [7, 11) is -4.33. The topological polar surface area (TPSA) is 86.8 Å². The number of halogens is 1. The number of rotatable bonds is 11. The molecule has 39 heavy (non-hydrogen) atoms. The third-order valence-corrected chi connectivity index (χ3v) is 8.55. The minimum Gasteiger partial charge on any atom is -0.352 e. The number of benzene rings is 3. The number of para-hydroxylation sites is 1. The molecule has 0 bridgehead atoms. The van der Waals surface area contributed by atoms with Gasteiger partial charge in [0.1, 0.15) is 18.4 Å². The first-order valence-electron chi connectivity index (χ1n) is 12.9.